The van der Waals surface area contributed by atoms with Gasteiger partial charge in [0.25, 0.3) is 0 Å². The zero-order valence-electron chi connectivity index (χ0n) is 10.8. The Kier molecular flexibility index (Phi) is 5.40. The van der Waals surface area contributed by atoms with Gasteiger partial charge in [0.15, 0.2) is 0 Å². The third-order valence-corrected chi connectivity index (χ3v) is 4.25. The fourth-order valence-corrected chi connectivity index (χ4v) is 2.97. The summed E-state index contributed by atoms with van der Waals surface area (Å²) in [7, 11) is 0. The first-order valence-corrected chi connectivity index (χ1v) is 8.15. The standard InChI is InChI=1S/C15H16Br2N2/c1-2-19(11-13-5-3-4-8-18-13)15-7-6-12(10-16)9-14(15)17/h3-9H,2,10-11H2,1H3. The molecule has 1 heterocycles. The van der Waals surface area contributed by atoms with Crippen LogP contribution < -0.4 is 4.90 Å². The number of aromatic nitrogens is 1. The molecule has 4 heteroatoms. The highest BCUT2D eigenvalue weighted by Gasteiger charge is 2.10. The van der Waals surface area contributed by atoms with Crippen LogP contribution in [0, 0.1) is 0 Å². The first-order chi connectivity index (χ1) is 9.24. The Balaban J connectivity index is 2.22. The monoisotopic (exact) mass is 382 g/mol. The Morgan fingerprint density at radius 1 is 1.21 bits per heavy atom. The second kappa shape index (κ2) is 7.06. The second-order valence-corrected chi connectivity index (χ2v) is 5.67. The molecule has 2 nitrogen and oxygen atoms in total. The molecule has 0 amide bonds. The van der Waals surface area contributed by atoms with Crippen LogP contribution in [0.25, 0.3) is 0 Å². The summed E-state index contributed by atoms with van der Waals surface area (Å²) in [5.74, 6) is 0. The van der Waals surface area contributed by atoms with Crippen LogP contribution in [0.3, 0.4) is 0 Å². The highest BCUT2D eigenvalue weighted by atomic mass is 79.9. The van der Waals surface area contributed by atoms with Crippen molar-refractivity contribution in [2.24, 2.45) is 0 Å². The van der Waals surface area contributed by atoms with Gasteiger partial charge >= 0.3 is 0 Å². The summed E-state index contributed by atoms with van der Waals surface area (Å²) in [6.45, 7) is 3.93. The van der Waals surface area contributed by atoms with Crippen LogP contribution in [0.1, 0.15) is 18.2 Å². The summed E-state index contributed by atoms with van der Waals surface area (Å²) in [5, 5.41) is 0.873. The summed E-state index contributed by atoms with van der Waals surface area (Å²) in [4.78, 5) is 6.70. The van der Waals surface area contributed by atoms with E-state index in [0.29, 0.717) is 0 Å². The first kappa shape index (κ1) is 14.5. The molecule has 0 unspecified atom stereocenters. The van der Waals surface area contributed by atoms with Crippen molar-refractivity contribution in [2.45, 2.75) is 18.8 Å². The highest BCUT2D eigenvalue weighted by molar-refractivity contribution is 9.10. The topological polar surface area (TPSA) is 16.1 Å². The molecule has 0 fully saturated rings. The van der Waals surface area contributed by atoms with Crippen LogP contribution in [0.4, 0.5) is 5.69 Å². The predicted molar refractivity (Wildman–Crippen MR) is 87.7 cm³/mol. The molecular weight excluding hydrogens is 368 g/mol. The molecule has 0 atom stereocenters. The minimum atomic E-state index is 0.823. The van der Waals surface area contributed by atoms with Crippen LogP contribution in [0.15, 0.2) is 47.1 Å². The van der Waals surface area contributed by atoms with Crippen molar-refractivity contribution in [3.05, 3.63) is 58.3 Å². The fraction of sp³-hybridized carbons (Fsp3) is 0.267. The van der Waals surface area contributed by atoms with E-state index in [0.717, 1.165) is 28.6 Å². The van der Waals surface area contributed by atoms with Crippen molar-refractivity contribution in [2.75, 3.05) is 11.4 Å². The number of rotatable bonds is 5. The third-order valence-electron chi connectivity index (χ3n) is 2.97. The van der Waals surface area contributed by atoms with Crippen molar-refractivity contribution >= 4 is 37.5 Å². The van der Waals surface area contributed by atoms with Gasteiger partial charge in [-0.1, -0.05) is 28.1 Å². The van der Waals surface area contributed by atoms with Gasteiger partial charge in [-0.3, -0.25) is 4.98 Å². The van der Waals surface area contributed by atoms with E-state index in [9.17, 15) is 0 Å². The molecule has 0 N–H and O–H groups in total. The molecule has 0 spiro atoms. The number of hydrogen-bond acceptors (Lipinski definition) is 2. The Morgan fingerprint density at radius 2 is 2.05 bits per heavy atom. The summed E-state index contributed by atoms with van der Waals surface area (Å²) in [5.41, 5.74) is 3.56. The van der Waals surface area contributed by atoms with Gasteiger partial charge in [0.2, 0.25) is 0 Å². The lowest BCUT2D eigenvalue weighted by Gasteiger charge is -2.24. The summed E-state index contributed by atoms with van der Waals surface area (Å²) in [6, 6.07) is 12.5. The normalized spacial score (nSPS) is 10.5. The SMILES string of the molecule is CCN(Cc1ccccn1)c1ccc(CBr)cc1Br. The van der Waals surface area contributed by atoms with Gasteiger partial charge in [0.05, 0.1) is 17.9 Å². The number of alkyl halides is 1. The number of nitrogens with zero attached hydrogens (tertiary/aromatic N) is 2. The number of anilines is 1. The minimum Gasteiger partial charge on any atom is -0.365 e. The van der Waals surface area contributed by atoms with E-state index in [1.165, 1.54) is 11.3 Å². The van der Waals surface area contributed by atoms with Crippen LogP contribution >= 0.6 is 31.9 Å². The summed E-state index contributed by atoms with van der Waals surface area (Å²) in [6.07, 6.45) is 1.84. The van der Waals surface area contributed by atoms with Gasteiger partial charge < -0.3 is 4.90 Å². The predicted octanol–water partition coefficient (Wildman–Crippen LogP) is 4.77. The lowest BCUT2D eigenvalue weighted by atomic mass is 10.2. The molecule has 2 aromatic rings. The average Bonchev–Trinajstić information content (AvgIpc) is 2.46. The van der Waals surface area contributed by atoms with Crippen LogP contribution in [-0.4, -0.2) is 11.5 Å². The Morgan fingerprint density at radius 3 is 2.63 bits per heavy atom. The maximum atomic E-state index is 4.39. The van der Waals surface area contributed by atoms with Crippen LogP contribution in [0.2, 0.25) is 0 Å². The molecule has 0 bridgehead atoms. The van der Waals surface area contributed by atoms with Gasteiger partial charge in [0.1, 0.15) is 0 Å². The smallest absolute Gasteiger partial charge is 0.0602 e. The molecule has 2 rings (SSSR count). The molecule has 0 saturated carbocycles. The largest absolute Gasteiger partial charge is 0.365 e. The second-order valence-electron chi connectivity index (χ2n) is 4.25. The molecule has 1 aromatic heterocycles. The zero-order chi connectivity index (χ0) is 13.7. The van der Waals surface area contributed by atoms with E-state index < -0.39 is 0 Å². The van der Waals surface area contributed by atoms with Gasteiger partial charge in [0, 0.05) is 22.5 Å². The van der Waals surface area contributed by atoms with Crippen molar-refractivity contribution in [3.8, 4) is 0 Å². The maximum Gasteiger partial charge on any atom is 0.0602 e. The van der Waals surface area contributed by atoms with Crippen molar-refractivity contribution in [1.82, 2.24) is 4.98 Å². The van der Waals surface area contributed by atoms with E-state index in [4.69, 9.17) is 0 Å². The first-order valence-electron chi connectivity index (χ1n) is 6.24. The van der Waals surface area contributed by atoms with E-state index >= 15 is 0 Å². The Bertz CT molecular complexity index is 529. The molecule has 0 aliphatic rings. The quantitative estimate of drug-likeness (QED) is 0.691. The number of hydrogen-bond donors (Lipinski definition) is 0. The highest BCUT2D eigenvalue weighted by Crippen LogP contribution is 2.29. The molecule has 0 radical (unpaired) electrons. The zero-order valence-corrected chi connectivity index (χ0v) is 14.0. The van der Waals surface area contributed by atoms with Crippen molar-refractivity contribution in [1.29, 1.82) is 0 Å². The molecule has 19 heavy (non-hydrogen) atoms. The van der Waals surface area contributed by atoms with E-state index in [2.05, 4.69) is 72.9 Å². The molecule has 0 aliphatic heterocycles. The summed E-state index contributed by atoms with van der Waals surface area (Å²) < 4.78 is 1.13. The Labute approximate surface area is 131 Å². The third kappa shape index (κ3) is 3.80. The molecule has 1 aromatic carbocycles. The van der Waals surface area contributed by atoms with Gasteiger partial charge in [-0.2, -0.15) is 0 Å². The lowest BCUT2D eigenvalue weighted by Crippen LogP contribution is -2.23. The average molecular weight is 384 g/mol. The van der Waals surface area contributed by atoms with Crippen LogP contribution in [-0.2, 0) is 11.9 Å². The maximum absolute atomic E-state index is 4.39. The van der Waals surface area contributed by atoms with Crippen molar-refractivity contribution < 1.29 is 0 Å². The number of pyridine rings is 1. The number of halogens is 2. The van der Waals surface area contributed by atoms with E-state index in [1.54, 1.807) is 0 Å². The molecule has 0 saturated heterocycles. The van der Waals surface area contributed by atoms with E-state index in [-0.39, 0.29) is 0 Å². The number of benzene rings is 1. The molecular formula is C15H16Br2N2. The Hall–Kier alpha value is -0.870. The van der Waals surface area contributed by atoms with Gasteiger partial charge in [-0.15, -0.1) is 0 Å². The molecule has 100 valence electrons. The van der Waals surface area contributed by atoms with Gasteiger partial charge in [-0.05, 0) is 52.7 Å². The fourth-order valence-electron chi connectivity index (χ4n) is 1.94. The van der Waals surface area contributed by atoms with Crippen LogP contribution in [0.5, 0.6) is 0 Å². The van der Waals surface area contributed by atoms with Crippen molar-refractivity contribution in [3.63, 3.8) is 0 Å². The lowest BCUT2D eigenvalue weighted by molar-refractivity contribution is 0.807. The minimum absolute atomic E-state index is 0.823. The summed E-state index contributed by atoms with van der Waals surface area (Å²) >= 11 is 7.14. The molecule has 0 aliphatic carbocycles. The van der Waals surface area contributed by atoms with E-state index in [1.807, 2.05) is 18.3 Å². The van der Waals surface area contributed by atoms with Gasteiger partial charge in [-0.25, -0.2) is 0 Å².